The highest BCUT2D eigenvalue weighted by Gasteiger charge is 2.30. The number of amides is 1. The van der Waals surface area contributed by atoms with Crippen LogP contribution in [-0.2, 0) is 14.8 Å². The number of benzene rings is 4. The summed E-state index contributed by atoms with van der Waals surface area (Å²) in [4.78, 5) is 31.8. The molecular formula is C45H53Cl2N7O7S. The Morgan fingerprint density at radius 3 is 2.39 bits per heavy atom. The molecule has 17 heteroatoms. The molecule has 330 valence electrons. The molecule has 0 bridgehead atoms. The molecular weight excluding hydrogens is 854 g/mol. The van der Waals surface area contributed by atoms with E-state index in [1.54, 1.807) is 24.3 Å². The summed E-state index contributed by atoms with van der Waals surface area (Å²) in [5.74, 6) is -0.609. The van der Waals surface area contributed by atoms with E-state index in [2.05, 4.69) is 50.7 Å². The number of nitrogens with two attached hydrogens (primary N) is 1. The lowest BCUT2D eigenvalue weighted by atomic mass is 9.72. The summed E-state index contributed by atoms with van der Waals surface area (Å²) in [6, 6.07) is 21.3. The Kier molecular flexibility index (Phi) is 14.3. The Bertz CT molecular complexity index is 2420. The Labute approximate surface area is 373 Å². The highest BCUT2D eigenvalue weighted by molar-refractivity contribution is 7.90. The number of nitrogens with one attached hydrogen (secondary N) is 2. The van der Waals surface area contributed by atoms with Crippen molar-refractivity contribution >= 4 is 67.5 Å². The maximum Gasteiger partial charge on any atom is 0.293 e. The lowest BCUT2D eigenvalue weighted by molar-refractivity contribution is -0.384. The van der Waals surface area contributed by atoms with E-state index in [-0.39, 0.29) is 33.2 Å². The normalized spacial score (nSPS) is 17.5. The van der Waals surface area contributed by atoms with Crippen LogP contribution < -0.4 is 25.4 Å². The second-order valence-electron chi connectivity index (χ2n) is 16.8. The van der Waals surface area contributed by atoms with Gasteiger partial charge in [0, 0.05) is 81.3 Å². The molecule has 4 N–H and O–H groups in total. The van der Waals surface area contributed by atoms with Gasteiger partial charge in [-0.3, -0.25) is 24.7 Å². The number of rotatable bonds is 15. The predicted molar refractivity (Wildman–Crippen MR) is 245 cm³/mol. The van der Waals surface area contributed by atoms with Gasteiger partial charge in [0.05, 0.1) is 39.3 Å². The molecule has 2 fully saturated rings. The molecule has 0 spiro atoms. The quantitative estimate of drug-likeness (QED) is 0.0452. The number of nitro benzene ring substituents is 1. The van der Waals surface area contributed by atoms with Gasteiger partial charge in [-0.25, -0.2) is 13.1 Å². The van der Waals surface area contributed by atoms with Gasteiger partial charge < -0.3 is 25.4 Å². The average molecular weight is 907 g/mol. The molecule has 62 heavy (non-hydrogen) atoms. The highest BCUT2D eigenvalue weighted by atomic mass is 35.5. The number of nitro groups is 1. The lowest BCUT2D eigenvalue weighted by Crippen LogP contribution is -2.47. The number of carbonyl (C=O) groups is 1. The van der Waals surface area contributed by atoms with Gasteiger partial charge in [-0.2, -0.15) is 0 Å². The van der Waals surface area contributed by atoms with Crippen molar-refractivity contribution in [3.63, 3.8) is 0 Å². The molecule has 0 atom stereocenters. The van der Waals surface area contributed by atoms with Gasteiger partial charge in [-0.05, 0) is 97.3 Å². The van der Waals surface area contributed by atoms with Gasteiger partial charge in [0.15, 0.2) is 0 Å². The highest BCUT2D eigenvalue weighted by Crippen LogP contribution is 2.43. The molecule has 7 rings (SSSR count). The van der Waals surface area contributed by atoms with Crippen molar-refractivity contribution in [3.05, 3.63) is 116 Å². The molecule has 4 aromatic rings. The molecule has 3 aliphatic rings. The van der Waals surface area contributed by atoms with E-state index in [1.165, 1.54) is 41.0 Å². The zero-order chi connectivity index (χ0) is 44.0. The van der Waals surface area contributed by atoms with Crippen molar-refractivity contribution < 1.29 is 27.6 Å². The fourth-order valence-corrected chi connectivity index (χ4v) is 9.42. The van der Waals surface area contributed by atoms with Gasteiger partial charge in [0.2, 0.25) is 0 Å². The molecule has 0 aromatic heterocycles. The Hall–Kier alpha value is -4.90. The maximum atomic E-state index is 13.9. The van der Waals surface area contributed by atoms with Crippen LogP contribution in [0.4, 0.5) is 22.7 Å². The first-order valence-corrected chi connectivity index (χ1v) is 23.1. The third kappa shape index (κ3) is 11.4. The first-order chi connectivity index (χ1) is 29.6. The first kappa shape index (κ1) is 45.1. The van der Waals surface area contributed by atoms with Gasteiger partial charge >= 0.3 is 0 Å². The number of nitrogen functional groups attached to an aromatic ring is 1. The summed E-state index contributed by atoms with van der Waals surface area (Å²) >= 11 is 12.5. The van der Waals surface area contributed by atoms with Crippen LogP contribution in [0.25, 0.3) is 5.57 Å². The smallest absolute Gasteiger partial charge is 0.293 e. The lowest BCUT2D eigenvalue weighted by Gasteiger charge is -2.39. The third-order valence-corrected chi connectivity index (χ3v) is 13.6. The number of piperazine rings is 1. The van der Waals surface area contributed by atoms with E-state index in [0.717, 1.165) is 81.7 Å². The zero-order valence-electron chi connectivity index (χ0n) is 35.0. The number of sulfonamides is 1. The second kappa shape index (κ2) is 19.7. The minimum absolute atomic E-state index is 0.0705. The van der Waals surface area contributed by atoms with E-state index in [0.29, 0.717) is 38.5 Å². The SMILES string of the molecule is CC1(C)CCC(CN2CCN(c3ccc(C(=O)NS(=O)(=O)c4ccc(NCCCN5CCOCC5)c([N+](=O)[O-])c4)c(Oc4ccc(N)c(Cl)c4)c3)CC2)=C(c2ccc(Cl)cc2)C1. The van der Waals surface area contributed by atoms with Crippen LogP contribution >= 0.6 is 23.2 Å². The maximum absolute atomic E-state index is 13.9. The summed E-state index contributed by atoms with van der Waals surface area (Å²) in [6.07, 6.45) is 3.89. The summed E-state index contributed by atoms with van der Waals surface area (Å²) in [7, 11) is -4.57. The molecule has 14 nitrogen and oxygen atoms in total. The van der Waals surface area contributed by atoms with E-state index < -0.39 is 31.4 Å². The number of hydrogen-bond acceptors (Lipinski definition) is 12. The van der Waals surface area contributed by atoms with Crippen LogP contribution in [0.5, 0.6) is 11.5 Å². The van der Waals surface area contributed by atoms with E-state index in [4.69, 9.17) is 38.4 Å². The number of ether oxygens (including phenoxy) is 2. The number of carbonyl (C=O) groups excluding carboxylic acids is 1. The second-order valence-corrected chi connectivity index (χ2v) is 19.3. The minimum atomic E-state index is -4.57. The summed E-state index contributed by atoms with van der Waals surface area (Å²) in [6.45, 7) is 12.8. The number of allylic oxidation sites excluding steroid dienone is 1. The van der Waals surface area contributed by atoms with E-state index in [1.807, 2.05) is 12.1 Å². The largest absolute Gasteiger partial charge is 0.456 e. The third-order valence-electron chi connectivity index (χ3n) is 11.7. The van der Waals surface area contributed by atoms with Gasteiger partial charge in [0.25, 0.3) is 21.6 Å². The molecule has 1 amide bonds. The van der Waals surface area contributed by atoms with Crippen molar-refractivity contribution in [2.45, 2.75) is 44.4 Å². The standard InChI is InChI=1S/C45H53Cl2N7O7S/c1-45(2)15-14-32(38(29-45)31-4-6-33(46)7-5-31)30-52-18-20-53(21-19-52)34-8-11-37(43(26-34)61-35-9-12-40(48)39(47)27-35)44(55)50-62(58,59)36-10-13-41(42(28-36)54(56)57)49-16-3-17-51-22-24-60-25-23-51/h4-13,26-28,49H,3,14-25,29-30,48H2,1-2H3,(H,50,55). The van der Waals surface area contributed by atoms with Crippen LogP contribution in [-0.4, -0.2) is 101 Å². The van der Waals surface area contributed by atoms with Crippen LogP contribution in [0.3, 0.4) is 0 Å². The molecule has 0 saturated carbocycles. The number of nitrogens with zero attached hydrogens (tertiary/aromatic N) is 4. The van der Waals surface area contributed by atoms with E-state index in [9.17, 15) is 23.3 Å². The van der Waals surface area contributed by atoms with Crippen molar-refractivity contribution in [1.82, 2.24) is 14.5 Å². The number of morpholine rings is 1. The van der Waals surface area contributed by atoms with Crippen LogP contribution in [0.15, 0.2) is 89.3 Å². The Morgan fingerprint density at radius 1 is 0.935 bits per heavy atom. The molecule has 0 unspecified atom stereocenters. The van der Waals surface area contributed by atoms with Gasteiger partial charge in [0.1, 0.15) is 17.2 Å². The van der Waals surface area contributed by atoms with Crippen molar-refractivity contribution in [2.24, 2.45) is 5.41 Å². The fraction of sp³-hybridized carbons (Fsp3) is 0.400. The molecule has 4 aromatic carbocycles. The van der Waals surface area contributed by atoms with Crippen LogP contribution in [0, 0.1) is 15.5 Å². The van der Waals surface area contributed by atoms with Crippen LogP contribution in [0.1, 0.15) is 55.5 Å². The monoisotopic (exact) mass is 905 g/mol. The number of anilines is 3. The molecule has 2 saturated heterocycles. The fourth-order valence-electron chi connectivity index (χ4n) is 8.14. The van der Waals surface area contributed by atoms with E-state index >= 15 is 0 Å². The Morgan fingerprint density at radius 2 is 1.68 bits per heavy atom. The number of halogens is 2. The average Bonchev–Trinajstić information content (AvgIpc) is 3.25. The summed E-state index contributed by atoms with van der Waals surface area (Å²) in [5, 5.41) is 16.1. The molecule has 2 aliphatic heterocycles. The first-order valence-electron chi connectivity index (χ1n) is 20.8. The summed E-state index contributed by atoms with van der Waals surface area (Å²) < 4.78 is 41.0. The predicted octanol–water partition coefficient (Wildman–Crippen LogP) is 8.31. The molecule has 1 aliphatic carbocycles. The topological polar surface area (TPSA) is 173 Å². The summed E-state index contributed by atoms with van der Waals surface area (Å²) in [5.41, 5.74) is 11.0. The van der Waals surface area contributed by atoms with Gasteiger partial charge in [-0.15, -0.1) is 0 Å². The molecule has 2 heterocycles. The zero-order valence-corrected chi connectivity index (χ0v) is 37.3. The van der Waals surface area contributed by atoms with Crippen molar-refractivity contribution in [1.29, 1.82) is 0 Å². The van der Waals surface area contributed by atoms with Crippen molar-refractivity contribution in [3.8, 4) is 11.5 Å². The molecule has 0 radical (unpaired) electrons. The minimum Gasteiger partial charge on any atom is -0.456 e. The van der Waals surface area contributed by atoms with Crippen LogP contribution in [0.2, 0.25) is 10.0 Å². The van der Waals surface area contributed by atoms with Crippen molar-refractivity contribution in [2.75, 3.05) is 88.1 Å². The Balaban J connectivity index is 1.06. The van der Waals surface area contributed by atoms with Gasteiger partial charge in [-0.1, -0.05) is 54.8 Å². The number of hydrogen-bond donors (Lipinski definition) is 3.